The third-order valence-electron chi connectivity index (χ3n) is 6.64. The molecule has 2 aromatic carbocycles. The molecule has 1 atom stereocenters. The molecule has 1 aliphatic heterocycles. The quantitative estimate of drug-likeness (QED) is 0.218. The number of carbonyl (C=O) groups excluding carboxylic acids is 2. The van der Waals surface area contributed by atoms with Gasteiger partial charge in [0.25, 0.3) is 11.7 Å². The molecule has 1 N–H and O–H groups in total. The first kappa shape index (κ1) is 27.0. The van der Waals surface area contributed by atoms with Crippen LogP contribution in [0.1, 0.15) is 36.6 Å². The first-order chi connectivity index (χ1) is 17.2. The van der Waals surface area contributed by atoms with Gasteiger partial charge >= 0.3 is 0 Å². The van der Waals surface area contributed by atoms with Gasteiger partial charge in [-0.2, -0.15) is 0 Å². The first-order valence-corrected chi connectivity index (χ1v) is 12.4. The van der Waals surface area contributed by atoms with Crippen LogP contribution in [0.2, 0.25) is 0 Å². The van der Waals surface area contributed by atoms with E-state index in [0.29, 0.717) is 31.0 Å². The predicted octanol–water partition coefficient (Wildman–Crippen LogP) is 4.39. The van der Waals surface area contributed by atoms with Gasteiger partial charge in [-0.1, -0.05) is 38.6 Å². The zero-order chi connectivity index (χ0) is 26.4. The van der Waals surface area contributed by atoms with E-state index in [1.165, 1.54) is 0 Å². The average Bonchev–Trinajstić information content (AvgIpc) is 3.12. The van der Waals surface area contributed by atoms with Crippen molar-refractivity contribution in [2.75, 3.05) is 51.8 Å². The lowest BCUT2D eigenvalue weighted by Crippen LogP contribution is -2.38. The molecule has 0 aliphatic carbocycles. The maximum atomic E-state index is 13.3. The number of anilines is 1. The summed E-state index contributed by atoms with van der Waals surface area (Å²) in [5, 5.41) is 11.4. The van der Waals surface area contributed by atoms with E-state index in [1.54, 1.807) is 29.2 Å². The van der Waals surface area contributed by atoms with Crippen LogP contribution in [0.3, 0.4) is 0 Å². The average molecular weight is 492 g/mol. The van der Waals surface area contributed by atoms with Crippen molar-refractivity contribution >= 4 is 23.1 Å². The lowest BCUT2D eigenvalue weighted by molar-refractivity contribution is -0.140. The van der Waals surface area contributed by atoms with Crippen LogP contribution in [0.4, 0.5) is 5.69 Å². The van der Waals surface area contributed by atoms with Crippen molar-refractivity contribution in [3.05, 3.63) is 77.4 Å². The molecular weight excluding hydrogens is 454 g/mol. The second kappa shape index (κ2) is 11.9. The van der Waals surface area contributed by atoms with Crippen LogP contribution in [-0.2, 0) is 9.59 Å². The van der Waals surface area contributed by atoms with E-state index in [9.17, 15) is 14.7 Å². The highest BCUT2D eigenvalue weighted by molar-refractivity contribution is 6.46. The Bertz CT molecular complexity index is 1130. The summed E-state index contributed by atoms with van der Waals surface area (Å²) in [5.74, 6) is -0.790. The van der Waals surface area contributed by atoms with Crippen LogP contribution < -0.4 is 9.64 Å². The lowest BCUT2D eigenvalue weighted by atomic mass is 9.93. The van der Waals surface area contributed by atoms with Gasteiger partial charge < -0.3 is 24.5 Å². The normalized spacial score (nSPS) is 17.1. The zero-order valence-electron chi connectivity index (χ0n) is 22.0. The summed E-state index contributed by atoms with van der Waals surface area (Å²) in [5.41, 5.74) is 3.14. The minimum atomic E-state index is -0.673. The fraction of sp³-hybridized carbons (Fsp3) is 0.379. The number of likely N-dealkylation sites (N-methyl/N-ethyl adjacent to an activating group) is 1. The second-order valence-electron chi connectivity index (χ2n) is 9.08. The molecule has 36 heavy (non-hydrogen) atoms. The SMILES string of the molecule is C=CCOc1ccc(C(O)=C2C(=O)C(=O)N(CCN(CC)CC)C2c2ccc(N(C)C)cc2)c(C)c1. The number of ketones is 1. The van der Waals surface area contributed by atoms with Gasteiger partial charge in [-0.25, -0.2) is 0 Å². The summed E-state index contributed by atoms with van der Waals surface area (Å²) in [6.45, 7) is 12.7. The molecule has 192 valence electrons. The maximum Gasteiger partial charge on any atom is 0.295 e. The van der Waals surface area contributed by atoms with Crippen molar-refractivity contribution in [1.82, 2.24) is 9.80 Å². The van der Waals surface area contributed by atoms with Crippen molar-refractivity contribution in [1.29, 1.82) is 0 Å². The van der Waals surface area contributed by atoms with E-state index >= 15 is 0 Å². The highest BCUT2D eigenvalue weighted by Crippen LogP contribution is 2.40. The Morgan fingerprint density at radius 3 is 2.33 bits per heavy atom. The number of aryl methyl sites for hydroxylation is 1. The van der Waals surface area contributed by atoms with E-state index in [2.05, 4.69) is 25.3 Å². The Morgan fingerprint density at radius 1 is 1.11 bits per heavy atom. The van der Waals surface area contributed by atoms with Gasteiger partial charge in [0.1, 0.15) is 18.1 Å². The number of hydrogen-bond donors (Lipinski definition) is 1. The zero-order valence-corrected chi connectivity index (χ0v) is 22.0. The fourth-order valence-electron chi connectivity index (χ4n) is 4.49. The number of ether oxygens (including phenoxy) is 1. The van der Waals surface area contributed by atoms with Crippen molar-refractivity contribution in [3.8, 4) is 5.75 Å². The number of aliphatic hydroxyl groups excluding tert-OH is 1. The minimum absolute atomic E-state index is 0.111. The molecular formula is C29H37N3O4. The van der Waals surface area contributed by atoms with Crippen LogP contribution in [-0.4, -0.2) is 73.5 Å². The molecule has 1 unspecified atom stereocenters. The summed E-state index contributed by atoms with van der Waals surface area (Å²) in [6, 6.07) is 12.3. The molecule has 2 aromatic rings. The van der Waals surface area contributed by atoms with Crippen LogP contribution in [0, 0.1) is 6.92 Å². The summed E-state index contributed by atoms with van der Waals surface area (Å²) in [6.07, 6.45) is 1.66. The summed E-state index contributed by atoms with van der Waals surface area (Å²) in [4.78, 5) is 32.3. The largest absolute Gasteiger partial charge is 0.507 e. The Hall–Kier alpha value is -3.58. The molecule has 3 rings (SSSR count). The molecule has 1 fully saturated rings. The monoisotopic (exact) mass is 491 g/mol. The third-order valence-corrected chi connectivity index (χ3v) is 6.64. The number of carbonyl (C=O) groups is 2. The van der Waals surface area contributed by atoms with Gasteiger partial charge in [0.15, 0.2) is 0 Å². The van der Waals surface area contributed by atoms with Crippen molar-refractivity contribution < 1.29 is 19.4 Å². The Balaban J connectivity index is 2.09. The second-order valence-corrected chi connectivity index (χ2v) is 9.08. The number of nitrogens with zero attached hydrogens (tertiary/aromatic N) is 3. The number of Topliss-reactive ketones (excluding diaryl/α,β-unsaturated/α-hetero) is 1. The molecule has 0 spiro atoms. The molecule has 7 heteroatoms. The summed E-state index contributed by atoms with van der Waals surface area (Å²) < 4.78 is 5.59. The van der Waals surface area contributed by atoms with Gasteiger partial charge in [0.05, 0.1) is 11.6 Å². The van der Waals surface area contributed by atoms with Crippen molar-refractivity contribution in [3.63, 3.8) is 0 Å². The molecule has 1 aliphatic rings. The number of amides is 1. The topological polar surface area (TPSA) is 73.3 Å². The van der Waals surface area contributed by atoms with Gasteiger partial charge in [-0.05, 0) is 61.5 Å². The van der Waals surface area contributed by atoms with Gasteiger partial charge in [0, 0.05) is 38.4 Å². The smallest absolute Gasteiger partial charge is 0.295 e. The van der Waals surface area contributed by atoms with E-state index in [4.69, 9.17) is 4.74 Å². The van der Waals surface area contributed by atoms with E-state index in [1.807, 2.05) is 50.2 Å². The number of hydrogen-bond acceptors (Lipinski definition) is 6. The van der Waals surface area contributed by atoms with Crippen LogP contribution in [0.25, 0.3) is 5.76 Å². The number of benzene rings is 2. The minimum Gasteiger partial charge on any atom is -0.507 e. The van der Waals surface area contributed by atoms with E-state index in [-0.39, 0.29) is 11.3 Å². The molecule has 7 nitrogen and oxygen atoms in total. The van der Waals surface area contributed by atoms with Crippen molar-refractivity contribution in [2.45, 2.75) is 26.8 Å². The fourth-order valence-corrected chi connectivity index (χ4v) is 4.49. The van der Waals surface area contributed by atoms with E-state index in [0.717, 1.165) is 29.9 Å². The molecule has 0 bridgehead atoms. The maximum absolute atomic E-state index is 13.3. The Morgan fingerprint density at radius 2 is 1.78 bits per heavy atom. The molecule has 1 heterocycles. The van der Waals surface area contributed by atoms with Crippen LogP contribution >= 0.6 is 0 Å². The molecule has 1 saturated heterocycles. The molecule has 1 amide bonds. The van der Waals surface area contributed by atoms with E-state index < -0.39 is 17.7 Å². The number of rotatable bonds is 11. The number of aliphatic hydroxyl groups is 1. The Labute approximate surface area is 214 Å². The lowest BCUT2D eigenvalue weighted by Gasteiger charge is -2.28. The first-order valence-electron chi connectivity index (χ1n) is 12.4. The standard InChI is InChI=1S/C29H37N3O4/c1-7-18-36-23-14-15-24(20(4)19-23)27(33)25-26(21-10-12-22(13-11-21)30(5)6)32(29(35)28(25)34)17-16-31(8-2)9-3/h7,10-15,19,26,33H,1,8-9,16-18H2,2-6H3. The number of likely N-dealkylation sites (tertiary alicyclic amines) is 1. The van der Waals surface area contributed by atoms with Gasteiger partial charge in [0.2, 0.25) is 0 Å². The highest BCUT2D eigenvalue weighted by atomic mass is 16.5. The molecule has 0 saturated carbocycles. The van der Waals surface area contributed by atoms with Crippen LogP contribution in [0.5, 0.6) is 5.75 Å². The third kappa shape index (κ3) is 5.62. The van der Waals surface area contributed by atoms with Gasteiger partial charge in [-0.15, -0.1) is 0 Å². The van der Waals surface area contributed by atoms with Crippen molar-refractivity contribution in [2.24, 2.45) is 0 Å². The predicted molar refractivity (Wildman–Crippen MR) is 144 cm³/mol. The molecule has 0 radical (unpaired) electrons. The summed E-state index contributed by atoms with van der Waals surface area (Å²) >= 11 is 0. The summed E-state index contributed by atoms with van der Waals surface area (Å²) in [7, 11) is 3.91. The van der Waals surface area contributed by atoms with Crippen LogP contribution in [0.15, 0.2) is 60.7 Å². The molecule has 0 aromatic heterocycles. The van der Waals surface area contributed by atoms with Gasteiger partial charge in [-0.3, -0.25) is 9.59 Å². The highest BCUT2D eigenvalue weighted by Gasteiger charge is 2.46. The Kier molecular flexibility index (Phi) is 8.93.